The summed E-state index contributed by atoms with van der Waals surface area (Å²) in [4.78, 5) is 41.9. The third-order valence-electron chi connectivity index (χ3n) is 3.78. The zero-order chi connectivity index (χ0) is 15.9. The van der Waals surface area contributed by atoms with Crippen LogP contribution in [0.3, 0.4) is 0 Å². The van der Waals surface area contributed by atoms with Gasteiger partial charge in [0.15, 0.2) is 0 Å². The Morgan fingerprint density at radius 1 is 1.45 bits per heavy atom. The maximum atomic E-state index is 11.9. The zero-order valence-corrected chi connectivity index (χ0v) is 12.3. The highest BCUT2D eigenvalue weighted by atomic mass is 16.7. The highest BCUT2D eigenvalue weighted by Crippen LogP contribution is 2.33. The second-order valence-electron chi connectivity index (χ2n) is 5.41. The highest BCUT2D eigenvalue weighted by Gasteiger charge is 2.44. The summed E-state index contributed by atoms with van der Waals surface area (Å²) in [5.41, 5.74) is -0.521. The van der Waals surface area contributed by atoms with Crippen LogP contribution in [0.5, 0.6) is 0 Å². The Hall–Kier alpha value is -1.97. The van der Waals surface area contributed by atoms with E-state index >= 15 is 0 Å². The number of hydrogen-bond acceptors (Lipinski definition) is 7. The van der Waals surface area contributed by atoms with Gasteiger partial charge >= 0.3 is 11.7 Å². The van der Waals surface area contributed by atoms with E-state index in [4.69, 9.17) is 14.3 Å². The van der Waals surface area contributed by atoms with Crippen LogP contribution in [0.15, 0.2) is 15.8 Å². The molecule has 120 valence electrons. The van der Waals surface area contributed by atoms with Crippen molar-refractivity contribution in [1.82, 2.24) is 14.6 Å². The van der Waals surface area contributed by atoms with Crippen LogP contribution < -0.4 is 11.2 Å². The average molecular weight is 311 g/mol. The van der Waals surface area contributed by atoms with Crippen LogP contribution in [-0.4, -0.2) is 46.1 Å². The number of rotatable bonds is 2. The fourth-order valence-electron chi connectivity index (χ4n) is 2.75. The fourth-order valence-corrected chi connectivity index (χ4v) is 2.75. The standard InChI is InChI=1S/C13H17N3O6/c1-7-4-15(13(19)14-12(7)18)11-3-9-10(21-11)5-20-6-16(9)22-8(2)17/h4,9-11H,3,5-6H2,1-2H3,(H,14,18,19)/t9-,10-,11-/m1/s1. The van der Waals surface area contributed by atoms with E-state index in [0.29, 0.717) is 18.6 Å². The van der Waals surface area contributed by atoms with E-state index in [1.807, 2.05) is 0 Å². The Bertz CT molecular complexity index is 696. The molecule has 0 radical (unpaired) electrons. The van der Waals surface area contributed by atoms with E-state index in [-0.39, 0.29) is 18.9 Å². The van der Waals surface area contributed by atoms with Crippen molar-refractivity contribution in [2.45, 2.75) is 38.6 Å². The van der Waals surface area contributed by atoms with E-state index in [1.54, 1.807) is 6.92 Å². The predicted molar refractivity (Wildman–Crippen MR) is 72.8 cm³/mol. The lowest BCUT2D eigenvalue weighted by Gasteiger charge is -2.33. The first-order chi connectivity index (χ1) is 10.5. The van der Waals surface area contributed by atoms with E-state index in [1.165, 1.54) is 22.8 Å². The van der Waals surface area contributed by atoms with Crippen LogP contribution in [0.25, 0.3) is 0 Å². The van der Waals surface area contributed by atoms with Crippen LogP contribution in [0.2, 0.25) is 0 Å². The van der Waals surface area contributed by atoms with Gasteiger partial charge in [-0.25, -0.2) is 4.79 Å². The Labute approximate surface area is 125 Å². The van der Waals surface area contributed by atoms with Crippen LogP contribution in [0.1, 0.15) is 25.1 Å². The Balaban J connectivity index is 1.84. The molecular weight excluding hydrogens is 294 g/mol. The molecule has 0 aromatic carbocycles. The monoisotopic (exact) mass is 311 g/mol. The third-order valence-corrected chi connectivity index (χ3v) is 3.78. The second-order valence-corrected chi connectivity index (χ2v) is 5.41. The quantitative estimate of drug-likeness (QED) is 0.768. The Morgan fingerprint density at radius 2 is 2.23 bits per heavy atom. The molecule has 0 saturated carbocycles. The molecule has 9 heteroatoms. The number of aryl methyl sites for hydroxylation is 1. The fraction of sp³-hybridized carbons (Fsp3) is 0.615. The van der Waals surface area contributed by atoms with Crippen molar-refractivity contribution >= 4 is 5.97 Å². The SMILES string of the molecule is CC(=O)ON1COC[C@H]2O[C@@H](n3cc(C)c(=O)[nH]c3=O)C[C@H]21. The molecule has 3 heterocycles. The molecule has 0 amide bonds. The number of carbonyl (C=O) groups is 1. The summed E-state index contributed by atoms with van der Waals surface area (Å²) in [6.07, 6.45) is 1.07. The van der Waals surface area contributed by atoms with E-state index in [9.17, 15) is 14.4 Å². The smallest absolute Gasteiger partial charge is 0.330 e. The maximum absolute atomic E-state index is 11.9. The molecular formula is C13H17N3O6. The summed E-state index contributed by atoms with van der Waals surface area (Å²) in [6.45, 7) is 3.45. The lowest BCUT2D eigenvalue weighted by molar-refractivity contribution is -0.257. The van der Waals surface area contributed by atoms with Gasteiger partial charge in [0.1, 0.15) is 19.1 Å². The minimum Gasteiger partial charge on any atom is -0.366 e. The molecule has 0 spiro atoms. The molecule has 0 aliphatic carbocycles. The normalized spacial score (nSPS) is 28.4. The van der Waals surface area contributed by atoms with Crippen molar-refractivity contribution < 1.29 is 19.1 Å². The van der Waals surface area contributed by atoms with Crippen LogP contribution in [0.4, 0.5) is 0 Å². The van der Waals surface area contributed by atoms with Crippen molar-refractivity contribution in [2.24, 2.45) is 0 Å². The number of nitrogens with zero attached hydrogens (tertiary/aromatic N) is 2. The van der Waals surface area contributed by atoms with Gasteiger partial charge in [0, 0.05) is 25.1 Å². The van der Waals surface area contributed by atoms with Crippen LogP contribution in [0, 0.1) is 6.92 Å². The van der Waals surface area contributed by atoms with Gasteiger partial charge in [0.2, 0.25) is 0 Å². The summed E-state index contributed by atoms with van der Waals surface area (Å²) in [6, 6.07) is -0.193. The number of hydroxylamine groups is 2. The molecule has 2 fully saturated rings. The summed E-state index contributed by atoms with van der Waals surface area (Å²) >= 11 is 0. The molecule has 2 aliphatic rings. The first-order valence-electron chi connectivity index (χ1n) is 6.96. The molecule has 3 rings (SSSR count). The largest absolute Gasteiger partial charge is 0.366 e. The molecule has 2 aliphatic heterocycles. The van der Waals surface area contributed by atoms with Gasteiger partial charge in [-0.15, -0.1) is 5.06 Å². The number of carbonyl (C=O) groups excluding carboxylic acids is 1. The maximum Gasteiger partial charge on any atom is 0.330 e. The summed E-state index contributed by atoms with van der Waals surface area (Å²) in [7, 11) is 0. The van der Waals surface area contributed by atoms with Gasteiger partial charge in [-0.3, -0.25) is 19.1 Å². The van der Waals surface area contributed by atoms with Gasteiger partial charge in [0.05, 0.1) is 12.6 Å². The van der Waals surface area contributed by atoms with E-state index in [0.717, 1.165) is 0 Å². The lowest BCUT2D eigenvalue weighted by atomic mass is 10.1. The minimum atomic E-state index is -0.544. The summed E-state index contributed by atoms with van der Waals surface area (Å²) in [5.74, 6) is -0.440. The zero-order valence-electron chi connectivity index (χ0n) is 12.3. The molecule has 0 unspecified atom stereocenters. The topological polar surface area (TPSA) is 103 Å². The van der Waals surface area contributed by atoms with E-state index < -0.39 is 23.4 Å². The average Bonchev–Trinajstić information content (AvgIpc) is 2.87. The first-order valence-corrected chi connectivity index (χ1v) is 6.96. The van der Waals surface area contributed by atoms with Gasteiger partial charge in [0.25, 0.3) is 5.56 Å². The Kier molecular flexibility index (Phi) is 3.85. The third kappa shape index (κ3) is 2.70. The highest BCUT2D eigenvalue weighted by molar-refractivity contribution is 5.65. The van der Waals surface area contributed by atoms with Crippen LogP contribution in [-0.2, 0) is 19.1 Å². The molecule has 9 nitrogen and oxygen atoms in total. The van der Waals surface area contributed by atoms with Crippen molar-refractivity contribution in [2.75, 3.05) is 13.3 Å². The number of hydrogen-bond donors (Lipinski definition) is 1. The van der Waals surface area contributed by atoms with Gasteiger partial charge in [-0.2, -0.15) is 0 Å². The van der Waals surface area contributed by atoms with Crippen molar-refractivity contribution in [3.63, 3.8) is 0 Å². The summed E-state index contributed by atoms with van der Waals surface area (Å²) < 4.78 is 12.5. The van der Waals surface area contributed by atoms with Gasteiger partial charge in [-0.05, 0) is 6.92 Å². The first kappa shape index (κ1) is 14.9. The summed E-state index contributed by atoms with van der Waals surface area (Å²) in [5, 5.41) is 1.43. The minimum absolute atomic E-state index is 0.163. The number of aromatic nitrogens is 2. The van der Waals surface area contributed by atoms with Crippen molar-refractivity contribution in [3.05, 3.63) is 32.6 Å². The molecule has 1 N–H and O–H groups in total. The molecule has 1 aromatic heterocycles. The molecule has 22 heavy (non-hydrogen) atoms. The molecule has 0 bridgehead atoms. The van der Waals surface area contributed by atoms with Crippen molar-refractivity contribution in [1.29, 1.82) is 0 Å². The van der Waals surface area contributed by atoms with Gasteiger partial charge in [-0.1, -0.05) is 0 Å². The van der Waals surface area contributed by atoms with Gasteiger partial charge < -0.3 is 14.3 Å². The number of H-pyrrole nitrogens is 1. The number of fused-ring (bicyclic) bond motifs is 1. The molecule has 3 atom stereocenters. The predicted octanol–water partition coefficient (Wildman–Crippen LogP) is -0.731. The number of nitrogens with one attached hydrogen (secondary N) is 1. The number of aromatic amines is 1. The molecule has 1 aromatic rings. The second kappa shape index (κ2) is 5.67. The molecule has 2 saturated heterocycles. The van der Waals surface area contributed by atoms with Crippen LogP contribution >= 0.6 is 0 Å². The van der Waals surface area contributed by atoms with Crippen molar-refractivity contribution in [3.8, 4) is 0 Å². The van der Waals surface area contributed by atoms with E-state index in [2.05, 4.69) is 4.98 Å². The number of ether oxygens (including phenoxy) is 2. The Morgan fingerprint density at radius 3 is 2.95 bits per heavy atom. The lowest BCUT2D eigenvalue weighted by Crippen LogP contribution is -2.49.